The Kier molecular flexibility index (Phi) is 6.46. The number of carbonyl (C=O) groups excluding carboxylic acids is 3. The number of morpholine rings is 1. The molecule has 0 bridgehead atoms. The number of carbonyl (C=O) groups is 3. The lowest BCUT2D eigenvalue weighted by molar-refractivity contribution is -0.135. The summed E-state index contributed by atoms with van der Waals surface area (Å²) in [5.41, 5.74) is 1.12. The van der Waals surface area contributed by atoms with Crippen molar-refractivity contribution < 1.29 is 19.1 Å². The maximum Gasteiger partial charge on any atom is 0.294 e. The monoisotopic (exact) mass is 385 g/mol. The highest BCUT2D eigenvalue weighted by Crippen LogP contribution is 2.23. The standard InChI is InChI=1S/C21H27N3O4/c1-3-4-9-22(2)21(27)20(26)17-14-24(18-8-6-5-7-16(17)18)15-19(25)23-10-12-28-13-11-23/h5-8,14H,3-4,9-13,15H2,1-2H3. The van der Waals surface area contributed by atoms with Crippen LogP contribution in [0, 0.1) is 0 Å². The molecule has 0 N–H and O–H groups in total. The molecule has 3 rings (SSSR count). The van der Waals surface area contributed by atoms with Crippen LogP contribution in [0.25, 0.3) is 10.9 Å². The molecule has 150 valence electrons. The van der Waals surface area contributed by atoms with Crippen LogP contribution in [0.5, 0.6) is 0 Å². The normalized spacial score (nSPS) is 14.3. The second-order valence-electron chi connectivity index (χ2n) is 7.09. The molecule has 0 unspecified atom stereocenters. The smallest absolute Gasteiger partial charge is 0.294 e. The van der Waals surface area contributed by atoms with Gasteiger partial charge >= 0.3 is 0 Å². The second kappa shape index (κ2) is 9.01. The average molecular weight is 385 g/mol. The maximum absolute atomic E-state index is 12.8. The third-order valence-electron chi connectivity index (χ3n) is 5.09. The largest absolute Gasteiger partial charge is 0.378 e. The number of fused-ring (bicyclic) bond motifs is 1. The Morgan fingerprint density at radius 2 is 1.86 bits per heavy atom. The number of unbranched alkanes of at least 4 members (excludes halogenated alkanes) is 1. The van der Waals surface area contributed by atoms with Gasteiger partial charge in [0.1, 0.15) is 6.54 Å². The molecule has 2 heterocycles. The molecule has 7 heteroatoms. The molecule has 0 spiro atoms. The first-order chi connectivity index (χ1) is 13.5. The molecule has 1 aliphatic rings. The molecule has 1 fully saturated rings. The average Bonchev–Trinajstić information content (AvgIpc) is 3.10. The molecule has 1 aromatic carbocycles. The number of benzene rings is 1. The van der Waals surface area contributed by atoms with Crippen molar-refractivity contribution in [1.82, 2.24) is 14.4 Å². The second-order valence-corrected chi connectivity index (χ2v) is 7.09. The van der Waals surface area contributed by atoms with Crippen LogP contribution in [0.2, 0.25) is 0 Å². The molecule has 1 aliphatic heterocycles. The van der Waals surface area contributed by atoms with Crippen molar-refractivity contribution in [1.29, 1.82) is 0 Å². The quantitative estimate of drug-likeness (QED) is 0.539. The van der Waals surface area contributed by atoms with Crippen molar-refractivity contribution in [2.24, 2.45) is 0 Å². The number of hydrogen-bond donors (Lipinski definition) is 0. The highest BCUT2D eigenvalue weighted by atomic mass is 16.5. The Hall–Kier alpha value is -2.67. The van der Waals surface area contributed by atoms with Gasteiger partial charge in [-0.1, -0.05) is 31.5 Å². The number of ether oxygens (including phenoxy) is 1. The van der Waals surface area contributed by atoms with Crippen molar-refractivity contribution in [3.05, 3.63) is 36.0 Å². The van der Waals surface area contributed by atoms with E-state index in [1.807, 2.05) is 31.2 Å². The Bertz CT molecular complexity index is 868. The minimum absolute atomic E-state index is 0.0190. The van der Waals surface area contributed by atoms with Crippen LogP contribution in [0.4, 0.5) is 0 Å². The van der Waals surface area contributed by atoms with Crippen molar-refractivity contribution >= 4 is 28.5 Å². The fourth-order valence-electron chi connectivity index (χ4n) is 3.40. The lowest BCUT2D eigenvalue weighted by Gasteiger charge is -2.27. The SMILES string of the molecule is CCCCN(C)C(=O)C(=O)c1cn(CC(=O)N2CCOCC2)c2ccccc12. The van der Waals surface area contributed by atoms with Gasteiger partial charge in [-0.05, 0) is 12.5 Å². The van der Waals surface area contributed by atoms with Gasteiger partial charge in [0, 0.05) is 43.8 Å². The van der Waals surface area contributed by atoms with E-state index in [0.29, 0.717) is 43.8 Å². The first-order valence-corrected chi connectivity index (χ1v) is 9.76. The van der Waals surface area contributed by atoms with Crippen LogP contribution in [-0.2, 0) is 20.9 Å². The molecule has 28 heavy (non-hydrogen) atoms. The molecule has 1 saturated heterocycles. The van der Waals surface area contributed by atoms with Crippen LogP contribution in [0.1, 0.15) is 30.1 Å². The van der Waals surface area contributed by atoms with Crippen molar-refractivity contribution in [3.8, 4) is 0 Å². The lowest BCUT2D eigenvalue weighted by Crippen LogP contribution is -2.42. The maximum atomic E-state index is 12.8. The van der Waals surface area contributed by atoms with E-state index in [-0.39, 0.29) is 12.5 Å². The van der Waals surface area contributed by atoms with Gasteiger partial charge in [-0.2, -0.15) is 0 Å². The third kappa shape index (κ3) is 4.25. The van der Waals surface area contributed by atoms with Crippen LogP contribution < -0.4 is 0 Å². The van der Waals surface area contributed by atoms with Gasteiger partial charge in [0.15, 0.2) is 0 Å². The Labute approximate surface area is 164 Å². The van der Waals surface area contributed by atoms with Gasteiger partial charge in [-0.15, -0.1) is 0 Å². The highest BCUT2D eigenvalue weighted by Gasteiger charge is 2.25. The summed E-state index contributed by atoms with van der Waals surface area (Å²) in [5.74, 6) is -1.07. The molecule has 0 atom stereocenters. The summed E-state index contributed by atoms with van der Waals surface area (Å²) in [6.45, 7) is 4.96. The molecule has 2 amide bonds. The molecule has 0 radical (unpaired) electrons. The molecule has 1 aromatic heterocycles. The predicted molar refractivity (Wildman–Crippen MR) is 106 cm³/mol. The zero-order valence-electron chi connectivity index (χ0n) is 16.5. The Morgan fingerprint density at radius 3 is 2.57 bits per heavy atom. The molecular formula is C21H27N3O4. The number of likely N-dealkylation sites (N-methyl/N-ethyl adjacent to an activating group) is 1. The van der Waals surface area contributed by atoms with Gasteiger partial charge in [-0.25, -0.2) is 0 Å². The third-order valence-corrected chi connectivity index (χ3v) is 5.09. The molecule has 0 aliphatic carbocycles. The number of nitrogens with zero attached hydrogens (tertiary/aromatic N) is 3. The van der Waals surface area contributed by atoms with E-state index >= 15 is 0 Å². The van der Waals surface area contributed by atoms with Crippen LogP contribution in [0.3, 0.4) is 0 Å². The molecular weight excluding hydrogens is 358 g/mol. The minimum atomic E-state index is -0.535. The fraction of sp³-hybridized carbons (Fsp3) is 0.476. The van der Waals surface area contributed by atoms with Gasteiger partial charge < -0.3 is 19.1 Å². The van der Waals surface area contributed by atoms with Crippen molar-refractivity contribution in [3.63, 3.8) is 0 Å². The van der Waals surface area contributed by atoms with Crippen LogP contribution in [-0.4, -0.2) is 71.9 Å². The summed E-state index contributed by atoms with van der Waals surface area (Å²) >= 11 is 0. The first-order valence-electron chi connectivity index (χ1n) is 9.76. The predicted octanol–water partition coefficient (Wildman–Crippen LogP) is 1.94. The lowest BCUT2D eigenvalue weighted by atomic mass is 10.1. The van der Waals surface area contributed by atoms with Gasteiger partial charge in [-0.3, -0.25) is 14.4 Å². The van der Waals surface area contributed by atoms with Crippen molar-refractivity contribution in [2.75, 3.05) is 39.9 Å². The molecule has 0 saturated carbocycles. The zero-order valence-corrected chi connectivity index (χ0v) is 16.5. The molecule has 2 aromatic rings. The number of ketones is 1. The van der Waals surface area contributed by atoms with E-state index in [1.54, 1.807) is 22.7 Å². The Morgan fingerprint density at radius 1 is 1.14 bits per heavy atom. The highest BCUT2D eigenvalue weighted by molar-refractivity contribution is 6.44. The van der Waals surface area contributed by atoms with E-state index in [9.17, 15) is 14.4 Å². The summed E-state index contributed by atoms with van der Waals surface area (Å²) in [6, 6.07) is 7.38. The van der Waals surface area contributed by atoms with E-state index < -0.39 is 11.7 Å². The Balaban J connectivity index is 1.85. The topological polar surface area (TPSA) is 71.9 Å². The molecule has 7 nitrogen and oxygen atoms in total. The van der Waals surface area contributed by atoms with Gasteiger partial charge in [0.2, 0.25) is 5.91 Å². The number of para-hydroxylation sites is 1. The van der Waals surface area contributed by atoms with Crippen molar-refractivity contribution in [2.45, 2.75) is 26.3 Å². The van der Waals surface area contributed by atoms with Crippen LogP contribution >= 0.6 is 0 Å². The number of amides is 2. The summed E-state index contributed by atoms with van der Waals surface area (Å²) in [6.07, 6.45) is 3.44. The zero-order chi connectivity index (χ0) is 20.1. The van der Waals surface area contributed by atoms with Gasteiger partial charge in [0.25, 0.3) is 11.7 Å². The summed E-state index contributed by atoms with van der Waals surface area (Å²) < 4.78 is 7.06. The summed E-state index contributed by atoms with van der Waals surface area (Å²) in [7, 11) is 1.65. The van der Waals surface area contributed by atoms with E-state index in [4.69, 9.17) is 4.74 Å². The number of hydrogen-bond acceptors (Lipinski definition) is 4. The summed E-state index contributed by atoms with van der Waals surface area (Å²) in [4.78, 5) is 41.3. The minimum Gasteiger partial charge on any atom is -0.378 e. The van der Waals surface area contributed by atoms with E-state index in [1.165, 1.54) is 4.90 Å². The number of rotatable bonds is 7. The van der Waals surface area contributed by atoms with E-state index in [0.717, 1.165) is 18.4 Å². The number of Topliss-reactive ketones (excluding diaryl/α,β-unsaturated/α-hetero) is 1. The van der Waals surface area contributed by atoms with Gasteiger partial charge in [0.05, 0.1) is 18.8 Å². The van der Waals surface area contributed by atoms with E-state index in [2.05, 4.69) is 0 Å². The van der Waals surface area contributed by atoms with Crippen LogP contribution in [0.15, 0.2) is 30.5 Å². The summed E-state index contributed by atoms with van der Waals surface area (Å²) in [5, 5.41) is 0.694. The fourth-order valence-corrected chi connectivity index (χ4v) is 3.40. The first kappa shape index (κ1) is 20.1. The number of aromatic nitrogens is 1.